The van der Waals surface area contributed by atoms with E-state index in [-0.39, 0.29) is 30.5 Å². The Morgan fingerprint density at radius 3 is 2.68 bits per heavy atom. The van der Waals surface area contributed by atoms with Crippen LogP contribution in [-0.4, -0.2) is 30.0 Å². The first kappa shape index (κ1) is 20.2. The van der Waals surface area contributed by atoms with Crippen molar-refractivity contribution < 1.29 is 22.7 Å². The highest BCUT2D eigenvalue weighted by atomic mass is 19.4. The maximum atomic E-state index is 13.0. The van der Waals surface area contributed by atoms with Crippen molar-refractivity contribution in [3.63, 3.8) is 0 Å². The summed E-state index contributed by atoms with van der Waals surface area (Å²) < 4.78 is 45.0. The first-order chi connectivity index (χ1) is 13.3. The summed E-state index contributed by atoms with van der Waals surface area (Å²) in [5.74, 6) is 0.578. The SMILES string of the molecule is CC1CN(CCC(=O)NCc2ccccc2C(F)(F)F)Cc2ccccc2O1. The number of halogens is 3. The second-order valence-corrected chi connectivity index (χ2v) is 6.95. The normalized spacial score (nSPS) is 17.4. The molecule has 0 radical (unpaired) electrons. The Balaban J connectivity index is 1.54. The van der Waals surface area contributed by atoms with E-state index in [2.05, 4.69) is 10.2 Å². The van der Waals surface area contributed by atoms with Crippen LogP contribution in [0.15, 0.2) is 48.5 Å². The molecule has 28 heavy (non-hydrogen) atoms. The molecule has 1 N–H and O–H groups in total. The molecule has 150 valence electrons. The van der Waals surface area contributed by atoms with Gasteiger partial charge in [-0.2, -0.15) is 13.2 Å². The first-order valence-corrected chi connectivity index (χ1v) is 9.21. The van der Waals surface area contributed by atoms with Crippen LogP contribution >= 0.6 is 0 Å². The van der Waals surface area contributed by atoms with Crippen molar-refractivity contribution in [3.05, 3.63) is 65.2 Å². The number of carbonyl (C=O) groups excluding carboxylic acids is 1. The van der Waals surface area contributed by atoms with Gasteiger partial charge in [-0.15, -0.1) is 0 Å². The lowest BCUT2D eigenvalue weighted by molar-refractivity contribution is -0.138. The minimum absolute atomic E-state index is 0.00891. The van der Waals surface area contributed by atoms with Crippen LogP contribution in [0.25, 0.3) is 0 Å². The zero-order valence-electron chi connectivity index (χ0n) is 15.6. The third-order valence-corrected chi connectivity index (χ3v) is 4.66. The van der Waals surface area contributed by atoms with Gasteiger partial charge in [0.25, 0.3) is 0 Å². The van der Waals surface area contributed by atoms with Crippen LogP contribution < -0.4 is 10.1 Å². The summed E-state index contributed by atoms with van der Waals surface area (Å²) in [6.07, 6.45) is -4.23. The number of ether oxygens (including phenoxy) is 1. The molecule has 2 aromatic rings. The average molecular weight is 392 g/mol. The van der Waals surface area contributed by atoms with Crippen molar-refractivity contribution in [1.29, 1.82) is 0 Å². The van der Waals surface area contributed by atoms with Gasteiger partial charge in [0.1, 0.15) is 11.9 Å². The number of fused-ring (bicyclic) bond motifs is 1. The van der Waals surface area contributed by atoms with Gasteiger partial charge in [-0.05, 0) is 24.6 Å². The summed E-state index contributed by atoms with van der Waals surface area (Å²) in [5, 5.41) is 2.60. The highest BCUT2D eigenvalue weighted by Gasteiger charge is 2.32. The van der Waals surface area contributed by atoms with Gasteiger partial charge in [0.15, 0.2) is 0 Å². The van der Waals surface area contributed by atoms with Gasteiger partial charge >= 0.3 is 6.18 Å². The molecule has 7 heteroatoms. The van der Waals surface area contributed by atoms with Gasteiger partial charge in [0.05, 0.1) is 5.56 Å². The Labute approximate surface area is 162 Å². The van der Waals surface area contributed by atoms with E-state index in [1.807, 2.05) is 31.2 Å². The van der Waals surface area contributed by atoms with Gasteiger partial charge in [0, 0.05) is 38.2 Å². The van der Waals surface area contributed by atoms with E-state index >= 15 is 0 Å². The van der Waals surface area contributed by atoms with Crippen molar-refractivity contribution >= 4 is 5.91 Å². The van der Waals surface area contributed by atoms with Gasteiger partial charge in [-0.1, -0.05) is 36.4 Å². The minimum atomic E-state index is -4.43. The number of hydrogen-bond donors (Lipinski definition) is 1. The van der Waals surface area contributed by atoms with E-state index in [1.54, 1.807) is 0 Å². The molecule has 1 unspecified atom stereocenters. The molecule has 1 aliphatic heterocycles. The molecule has 0 saturated carbocycles. The number of nitrogens with one attached hydrogen (secondary N) is 1. The molecule has 3 rings (SSSR count). The molecule has 0 aliphatic carbocycles. The quantitative estimate of drug-likeness (QED) is 0.837. The predicted octanol–water partition coefficient (Wildman–Crippen LogP) is 3.99. The van der Waals surface area contributed by atoms with Crippen molar-refractivity contribution in [2.45, 2.75) is 38.7 Å². The van der Waals surface area contributed by atoms with E-state index in [4.69, 9.17) is 4.74 Å². The Hall–Kier alpha value is -2.54. The molecule has 0 aromatic heterocycles. The summed E-state index contributed by atoms with van der Waals surface area (Å²) in [4.78, 5) is 14.3. The number of rotatable bonds is 5. The number of benzene rings is 2. The molecule has 0 bridgehead atoms. The van der Waals surface area contributed by atoms with Gasteiger partial charge in [0.2, 0.25) is 5.91 Å². The third kappa shape index (κ3) is 5.25. The largest absolute Gasteiger partial charge is 0.489 e. The molecule has 1 amide bonds. The Bertz CT molecular complexity index is 823. The molecular formula is C21H23F3N2O2. The molecule has 1 aliphatic rings. The van der Waals surface area contributed by atoms with Gasteiger partial charge in [-0.25, -0.2) is 0 Å². The molecule has 4 nitrogen and oxygen atoms in total. The number of hydrogen-bond acceptors (Lipinski definition) is 3. The highest BCUT2D eigenvalue weighted by molar-refractivity contribution is 5.76. The summed E-state index contributed by atoms with van der Waals surface area (Å²) in [6.45, 7) is 3.69. The number of alkyl halides is 3. The number of nitrogens with zero attached hydrogens (tertiary/aromatic N) is 1. The fourth-order valence-electron chi connectivity index (χ4n) is 3.34. The molecule has 1 atom stereocenters. The Morgan fingerprint density at radius 2 is 1.89 bits per heavy atom. The fourth-order valence-corrected chi connectivity index (χ4v) is 3.34. The molecule has 2 aromatic carbocycles. The zero-order chi connectivity index (χ0) is 20.1. The van der Waals surface area contributed by atoms with E-state index in [0.717, 1.165) is 17.4 Å². The van der Waals surface area contributed by atoms with Crippen LogP contribution in [0, 0.1) is 0 Å². The Kier molecular flexibility index (Phi) is 6.24. The topological polar surface area (TPSA) is 41.6 Å². The van der Waals surface area contributed by atoms with Crippen LogP contribution in [0.2, 0.25) is 0 Å². The van der Waals surface area contributed by atoms with Crippen LogP contribution in [0.3, 0.4) is 0 Å². The van der Waals surface area contributed by atoms with Crippen LogP contribution in [0.1, 0.15) is 30.0 Å². The number of carbonyl (C=O) groups is 1. The maximum Gasteiger partial charge on any atom is 0.416 e. The van der Waals surface area contributed by atoms with E-state index in [1.165, 1.54) is 18.2 Å². The zero-order valence-corrected chi connectivity index (χ0v) is 15.6. The van der Waals surface area contributed by atoms with E-state index in [9.17, 15) is 18.0 Å². The van der Waals surface area contributed by atoms with Crippen molar-refractivity contribution in [2.24, 2.45) is 0 Å². The molecular weight excluding hydrogens is 369 g/mol. The summed E-state index contributed by atoms with van der Waals surface area (Å²) >= 11 is 0. The highest BCUT2D eigenvalue weighted by Crippen LogP contribution is 2.31. The summed E-state index contributed by atoms with van der Waals surface area (Å²) in [6, 6.07) is 13.1. The van der Waals surface area contributed by atoms with Crippen molar-refractivity contribution in [1.82, 2.24) is 10.2 Å². The lowest BCUT2D eigenvalue weighted by Gasteiger charge is -2.21. The monoisotopic (exact) mass is 392 g/mol. The van der Waals surface area contributed by atoms with E-state index in [0.29, 0.717) is 19.6 Å². The number of para-hydroxylation sites is 1. The van der Waals surface area contributed by atoms with Crippen LogP contribution in [0.5, 0.6) is 5.75 Å². The second-order valence-electron chi connectivity index (χ2n) is 6.95. The molecule has 0 fully saturated rings. The smallest absolute Gasteiger partial charge is 0.416 e. The van der Waals surface area contributed by atoms with E-state index < -0.39 is 11.7 Å². The Morgan fingerprint density at radius 1 is 1.18 bits per heavy atom. The number of amides is 1. The lowest BCUT2D eigenvalue weighted by Crippen LogP contribution is -2.34. The minimum Gasteiger partial charge on any atom is -0.489 e. The predicted molar refractivity (Wildman–Crippen MR) is 99.7 cm³/mol. The third-order valence-electron chi connectivity index (χ3n) is 4.66. The first-order valence-electron chi connectivity index (χ1n) is 9.21. The average Bonchev–Trinajstić information content (AvgIpc) is 2.81. The van der Waals surface area contributed by atoms with Crippen LogP contribution in [0.4, 0.5) is 13.2 Å². The lowest BCUT2D eigenvalue weighted by atomic mass is 10.1. The molecule has 0 spiro atoms. The summed E-state index contributed by atoms with van der Waals surface area (Å²) in [5.41, 5.74) is 0.408. The standard InChI is InChI=1S/C21H23F3N2O2/c1-15-13-26(14-17-7-3-5-9-19(17)28-15)11-10-20(27)25-12-16-6-2-4-8-18(16)21(22,23)24/h2-9,15H,10-14H2,1H3,(H,25,27). The van der Waals surface area contributed by atoms with Crippen molar-refractivity contribution in [2.75, 3.05) is 13.1 Å². The fraction of sp³-hybridized carbons (Fsp3) is 0.381. The molecule has 1 heterocycles. The van der Waals surface area contributed by atoms with Crippen molar-refractivity contribution in [3.8, 4) is 5.75 Å². The summed E-state index contributed by atoms with van der Waals surface area (Å²) in [7, 11) is 0. The van der Waals surface area contributed by atoms with Gasteiger partial charge < -0.3 is 10.1 Å². The second kappa shape index (κ2) is 8.65. The maximum absolute atomic E-state index is 13.0. The molecule has 0 saturated heterocycles. The van der Waals surface area contributed by atoms with Gasteiger partial charge in [-0.3, -0.25) is 9.69 Å². The van der Waals surface area contributed by atoms with Crippen LogP contribution in [-0.2, 0) is 24.1 Å².